The fourth-order valence-corrected chi connectivity index (χ4v) is 2.92. The maximum Gasteiger partial charge on any atom is 0.126 e. The first kappa shape index (κ1) is 18.2. The van der Waals surface area contributed by atoms with Gasteiger partial charge in [0.05, 0.1) is 7.11 Å². The van der Waals surface area contributed by atoms with Gasteiger partial charge in [-0.3, -0.25) is 0 Å². The van der Waals surface area contributed by atoms with Crippen LogP contribution < -0.4 is 10.1 Å². The minimum atomic E-state index is 0.703. The summed E-state index contributed by atoms with van der Waals surface area (Å²) >= 11 is 0. The monoisotopic (exact) mass is 321 g/mol. The molecule has 0 aromatic heterocycles. The molecule has 2 rings (SSSR count). The van der Waals surface area contributed by atoms with Crippen molar-refractivity contribution < 1.29 is 14.2 Å². The summed E-state index contributed by atoms with van der Waals surface area (Å²) in [6.45, 7) is 2.48. The molecular formula is C19H31NO3. The Hall–Kier alpha value is -1.10. The average molecular weight is 321 g/mol. The number of hydrogen-bond donors (Lipinski definition) is 1. The van der Waals surface area contributed by atoms with Crippen molar-refractivity contribution in [2.75, 3.05) is 34.5 Å². The van der Waals surface area contributed by atoms with Crippen molar-refractivity contribution in [2.24, 2.45) is 0 Å². The molecule has 1 aromatic rings. The molecular weight excluding hydrogens is 290 g/mol. The van der Waals surface area contributed by atoms with E-state index in [9.17, 15) is 0 Å². The van der Waals surface area contributed by atoms with Crippen LogP contribution in [-0.4, -0.2) is 40.6 Å². The number of nitrogens with one attached hydrogen (secondary N) is 1. The molecule has 0 heterocycles. The Kier molecular flexibility index (Phi) is 7.86. The van der Waals surface area contributed by atoms with Gasteiger partial charge in [-0.15, -0.1) is 0 Å². The molecule has 0 radical (unpaired) electrons. The molecule has 0 spiro atoms. The lowest BCUT2D eigenvalue weighted by atomic mass is 9.98. The van der Waals surface area contributed by atoms with E-state index in [-0.39, 0.29) is 0 Å². The predicted octanol–water partition coefficient (Wildman–Crippen LogP) is 3.11. The standard InChI is InChI=1S/C19H31NO3/c1-21-10-4-6-15-12-16(7-5-11-22-2)19(23-3)17(13-15)14-20-18-8-9-18/h12-13,18,20H,4-11,14H2,1-3H3. The van der Waals surface area contributed by atoms with Crippen LogP contribution in [0.5, 0.6) is 5.75 Å². The summed E-state index contributed by atoms with van der Waals surface area (Å²) < 4.78 is 16.1. The number of benzene rings is 1. The molecule has 0 aliphatic heterocycles. The summed E-state index contributed by atoms with van der Waals surface area (Å²) in [7, 11) is 5.29. The molecule has 0 unspecified atom stereocenters. The third-order valence-electron chi connectivity index (χ3n) is 4.27. The van der Waals surface area contributed by atoms with Crippen molar-refractivity contribution in [1.82, 2.24) is 5.32 Å². The second-order valence-electron chi connectivity index (χ2n) is 6.30. The van der Waals surface area contributed by atoms with Crippen molar-refractivity contribution in [2.45, 2.75) is 51.1 Å². The molecule has 1 aromatic carbocycles. The number of rotatable bonds is 12. The van der Waals surface area contributed by atoms with E-state index in [0.717, 1.165) is 51.2 Å². The van der Waals surface area contributed by atoms with Crippen LogP contribution in [0.4, 0.5) is 0 Å². The normalized spacial score (nSPS) is 14.2. The smallest absolute Gasteiger partial charge is 0.126 e. The number of hydrogen-bond acceptors (Lipinski definition) is 4. The molecule has 4 nitrogen and oxygen atoms in total. The molecule has 0 amide bonds. The van der Waals surface area contributed by atoms with E-state index in [2.05, 4.69) is 17.4 Å². The van der Waals surface area contributed by atoms with Gasteiger partial charge in [0.1, 0.15) is 5.75 Å². The van der Waals surface area contributed by atoms with Crippen LogP contribution in [0.2, 0.25) is 0 Å². The summed E-state index contributed by atoms with van der Waals surface area (Å²) in [6, 6.07) is 5.29. The number of methoxy groups -OCH3 is 3. The Labute approximate surface area is 140 Å². The van der Waals surface area contributed by atoms with Gasteiger partial charge in [0, 0.05) is 45.6 Å². The molecule has 1 N–H and O–H groups in total. The highest BCUT2D eigenvalue weighted by atomic mass is 16.5. The van der Waals surface area contributed by atoms with Gasteiger partial charge >= 0.3 is 0 Å². The quantitative estimate of drug-likeness (QED) is 0.601. The summed E-state index contributed by atoms with van der Waals surface area (Å²) in [6.07, 6.45) is 6.71. The minimum absolute atomic E-state index is 0.703. The molecule has 1 aliphatic rings. The second-order valence-corrected chi connectivity index (χ2v) is 6.30. The topological polar surface area (TPSA) is 39.7 Å². The predicted molar refractivity (Wildman–Crippen MR) is 93.2 cm³/mol. The first-order valence-electron chi connectivity index (χ1n) is 8.68. The summed E-state index contributed by atoms with van der Waals surface area (Å²) in [5.74, 6) is 1.05. The van der Waals surface area contributed by atoms with Crippen LogP contribution >= 0.6 is 0 Å². The van der Waals surface area contributed by atoms with Crippen molar-refractivity contribution in [3.05, 3.63) is 28.8 Å². The van der Waals surface area contributed by atoms with Gasteiger partial charge in [-0.2, -0.15) is 0 Å². The Morgan fingerprint density at radius 1 is 0.957 bits per heavy atom. The summed E-state index contributed by atoms with van der Waals surface area (Å²) in [5, 5.41) is 3.61. The van der Waals surface area contributed by atoms with Gasteiger partial charge in [0.2, 0.25) is 0 Å². The van der Waals surface area contributed by atoms with E-state index < -0.39 is 0 Å². The third-order valence-corrected chi connectivity index (χ3v) is 4.27. The maximum atomic E-state index is 5.74. The van der Waals surface area contributed by atoms with Gasteiger partial charge in [0.15, 0.2) is 0 Å². The third kappa shape index (κ3) is 6.13. The van der Waals surface area contributed by atoms with Crippen LogP contribution in [0.25, 0.3) is 0 Å². The number of aryl methyl sites for hydroxylation is 2. The van der Waals surface area contributed by atoms with Crippen molar-refractivity contribution >= 4 is 0 Å². The Bertz CT molecular complexity index is 472. The van der Waals surface area contributed by atoms with Crippen LogP contribution in [0.1, 0.15) is 42.4 Å². The van der Waals surface area contributed by atoms with Crippen molar-refractivity contribution in [1.29, 1.82) is 0 Å². The zero-order valence-electron chi connectivity index (χ0n) is 14.8. The fourth-order valence-electron chi connectivity index (χ4n) is 2.92. The zero-order valence-corrected chi connectivity index (χ0v) is 14.8. The lowest BCUT2D eigenvalue weighted by Crippen LogP contribution is -2.16. The lowest BCUT2D eigenvalue weighted by Gasteiger charge is -2.17. The summed E-state index contributed by atoms with van der Waals surface area (Å²) in [5.41, 5.74) is 3.96. The van der Waals surface area contributed by atoms with E-state index in [1.165, 1.54) is 29.5 Å². The van der Waals surface area contributed by atoms with E-state index in [0.29, 0.717) is 6.04 Å². The SMILES string of the molecule is COCCCc1cc(CCCOC)c(OC)c(CNC2CC2)c1. The first-order valence-corrected chi connectivity index (χ1v) is 8.68. The lowest BCUT2D eigenvalue weighted by molar-refractivity contribution is 0.194. The minimum Gasteiger partial charge on any atom is -0.496 e. The van der Waals surface area contributed by atoms with Crippen molar-refractivity contribution in [3.8, 4) is 5.75 Å². The maximum absolute atomic E-state index is 5.74. The highest BCUT2D eigenvalue weighted by Gasteiger charge is 2.21. The first-order chi connectivity index (χ1) is 11.3. The van der Waals surface area contributed by atoms with E-state index in [1.54, 1.807) is 21.3 Å². The zero-order chi connectivity index (χ0) is 16.5. The molecule has 1 saturated carbocycles. The summed E-state index contributed by atoms with van der Waals surface area (Å²) in [4.78, 5) is 0. The molecule has 4 heteroatoms. The van der Waals surface area contributed by atoms with Gasteiger partial charge in [0.25, 0.3) is 0 Å². The Balaban J connectivity index is 2.12. The van der Waals surface area contributed by atoms with Crippen LogP contribution in [0, 0.1) is 0 Å². The largest absolute Gasteiger partial charge is 0.496 e. The molecule has 1 aliphatic carbocycles. The van der Waals surface area contributed by atoms with Crippen LogP contribution in [0.3, 0.4) is 0 Å². The molecule has 0 bridgehead atoms. The molecule has 0 atom stereocenters. The highest BCUT2D eigenvalue weighted by molar-refractivity contribution is 5.45. The highest BCUT2D eigenvalue weighted by Crippen LogP contribution is 2.29. The molecule has 1 fully saturated rings. The van der Waals surface area contributed by atoms with E-state index >= 15 is 0 Å². The average Bonchev–Trinajstić information content (AvgIpc) is 3.37. The van der Waals surface area contributed by atoms with Gasteiger partial charge in [-0.25, -0.2) is 0 Å². The van der Waals surface area contributed by atoms with E-state index in [4.69, 9.17) is 14.2 Å². The fraction of sp³-hybridized carbons (Fsp3) is 0.684. The molecule has 130 valence electrons. The second kappa shape index (κ2) is 9.91. The molecule has 0 saturated heterocycles. The van der Waals surface area contributed by atoms with Gasteiger partial charge in [-0.05, 0) is 49.7 Å². The Morgan fingerprint density at radius 3 is 2.22 bits per heavy atom. The van der Waals surface area contributed by atoms with E-state index in [1.807, 2.05) is 0 Å². The van der Waals surface area contributed by atoms with Crippen LogP contribution in [0.15, 0.2) is 12.1 Å². The van der Waals surface area contributed by atoms with Gasteiger partial charge < -0.3 is 19.5 Å². The van der Waals surface area contributed by atoms with Gasteiger partial charge in [-0.1, -0.05) is 12.1 Å². The van der Waals surface area contributed by atoms with Crippen molar-refractivity contribution in [3.63, 3.8) is 0 Å². The number of ether oxygens (including phenoxy) is 3. The van der Waals surface area contributed by atoms with Crippen LogP contribution in [-0.2, 0) is 28.9 Å². The molecule has 23 heavy (non-hydrogen) atoms. The Morgan fingerprint density at radius 2 is 1.61 bits per heavy atom.